The fourth-order valence-electron chi connectivity index (χ4n) is 12.7. The molecule has 12 aromatic carbocycles. The van der Waals surface area contributed by atoms with Crippen molar-refractivity contribution in [2.45, 2.75) is 144 Å². The number of thiophene rings is 2. The molecule has 0 saturated heterocycles. The minimum absolute atomic E-state index is 0.0786. The normalized spacial score (nSPS) is 13.9. The molecule has 14 aromatic rings. The maximum Gasteiger partial charge on any atom is 0.316 e. The van der Waals surface area contributed by atoms with Gasteiger partial charge in [-0.15, -0.1) is 0 Å². The maximum absolute atomic E-state index is 13.1. The lowest BCUT2D eigenvalue weighted by molar-refractivity contribution is -0.144. The zero-order valence-corrected chi connectivity index (χ0v) is 68.9. The first-order chi connectivity index (χ1) is 53.9. The van der Waals surface area contributed by atoms with Crippen LogP contribution in [0, 0.1) is 22.7 Å². The van der Waals surface area contributed by atoms with Gasteiger partial charge in [0.15, 0.2) is 58.0 Å². The zero-order valence-electron chi connectivity index (χ0n) is 64.0. The quantitative estimate of drug-likeness (QED) is 0.0510. The Hall–Kier alpha value is -10.4. The Labute approximate surface area is 666 Å². The predicted molar refractivity (Wildman–Crippen MR) is 454 cm³/mol. The molecule has 12 nitrogen and oxygen atoms in total. The van der Waals surface area contributed by atoms with Gasteiger partial charge in [-0.2, -0.15) is 0 Å². The molecular formula is C94H88O12S6+4. The summed E-state index contributed by atoms with van der Waals surface area (Å²) in [6.45, 7) is 19.2. The van der Waals surface area contributed by atoms with Crippen molar-refractivity contribution in [1.29, 1.82) is 0 Å². The molecule has 0 spiro atoms. The summed E-state index contributed by atoms with van der Waals surface area (Å²) >= 11 is 0. The van der Waals surface area contributed by atoms with Gasteiger partial charge in [-0.1, -0.05) is 139 Å². The summed E-state index contributed by atoms with van der Waals surface area (Å²) in [7, 11) is -8.44. The van der Waals surface area contributed by atoms with E-state index in [9.17, 15) is 36.0 Å². The first-order valence-corrected chi connectivity index (χ1v) is 45.2. The van der Waals surface area contributed by atoms with Crippen molar-refractivity contribution in [2.75, 3.05) is 0 Å². The van der Waals surface area contributed by atoms with Crippen LogP contribution in [0.5, 0.6) is 23.0 Å². The molecule has 2 aliphatic rings. The van der Waals surface area contributed by atoms with Gasteiger partial charge in [-0.25, -0.2) is 16.8 Å². The number of hydrogen-bond acceptors (Lipinski definition) is 12. The molecule has 112 heavy (non-hydrogen) atoms. The van der Waals surface area contributed by atoms with Crippen LogP contribution < -0.4 is 18.9 Å². The van der Waals surface area contributed by atoms with Crippen LogP contribution in [-0.2, 0) is 60.6 Å². The van der Waals surface area contributed by atoms with Crippen LogP contribution in [0.25, 0.3) is 50.1 Å². The van der Waals surface area contributed by atoms with Crippen molar-refractivity contribution in [3.63, 3.8) is 0 Å². The Morgan fingerprint density at radius 2 is 0.527 bits per heavy atom. The van der Waals surface area contributed by atoms with Crippen LogP contribution in [0.2, 0.25) is 0 Å². The summed E-state index contributed by atoms with van der Waals surface area (Å²) in [5, 5.41) is 5.27. The van der Waals surface area contributed by atoms with Crippen molar-refractivity contribution < 1.29 is 55.0 Å². The lowest BCUT2D eigenvalue weighted by atomic mass is 9.91. The molecule has 0 fully saturated rings. The Kier molecular flexibility index (Phi) is 24.1. The van der Waals surface area contributed by atoms with Gasteiger partial charge in [0, 0.05) is 66.8 Å². The highest BCUT2D eigenvalue weighted by Gasteiger charge is 2.47. The second-order valence-electron chi connectivity index (χ2n) is 28.6. The topological polar surface area (TPSA) is 173 Å². The molecule has 0 bridgehead atoms. The van der Waals surface area contributed by atoms with Gasteiger partial charge in [0.05, 0.1) is 22.7 Å². The zero-order chi connectivity index (χ0) is 79.2. The molecule has 2 unspecified atom stereocenters. The van der Waals surface area contributed by atoms with E-state index in [-0.39, 0.29) is 56.7 Å². The summed E-state index contributed by atoms with van der Waals surface area (Å²) in [6.07, 6.45) is 2.95. The lowest BCUT2D eigenvalue weighted by Gasteiger charge is -2.21. The minimum Gasteiger partial charge on any atom is -0.426 e. The average Bonchev–Trinajstić information content (AvgIpc) is 1.17. The molecule has 2 atom stereocenters. The average molecular weight is 1600 g/mol. The number of ether oxygens (including phenoxy) is 4. The third-order valence-corrected chi connectivity index (χ3v) is 34.0. The Balaban J connectivity index is 0.000000131. The van der Waals surface area contributed by atoms with E-state index >= 15 is 0 Å². The van der Waals surface area contributed by atoms with Crippen LogP contribution in [0.3, 0.4) is 0 Å². The Morgan fingerprint density at radius 3 is 0.777 bits per heavy atom. The van der Waals surface area contributed by atoms with Crippen molar-refractivity contribution in [1.82, 2.24) is 0 Å². The molecule has 0 aliphatic carbocycles. The van der Waals surface area contributed by atoms with Crippen molar-refractivity contribution in [2.24, 2.45) is 22.7 Å². The second-order valence-corrected chi connectivity index (χ2v) is 40.2. The van der Waals surface area contributed by atoms with Gasteiger partial charge in [-0.3, -0.25) is 19.2 Å². The molecule has 0 amide bonds. The maximum atomic E-state index is 13.1. The Bertz CT molecular complexity index is 5850. The SMILES string of the molecule is CCC(C)(C)C(=O)Oc1ccc(-[s+]2c3ccccc3c3ccccc32)cc1.CCC(C)(C)C(=O)Oc1ccc([S+]2c3ccccc3S(=O)(=O)c3ccccc32)cc1.CCC(C)C(=O)Oc1ccc(-[s+]2c3ccccc3c3ccccc32)cc1.CCC(C)C(=O)Oc1ccc([S+]2c3ccccc3S(=O)(=O)c3ccccc32)cc1. The lowest BCUT2D eigenvalue weighted by Crippen LogP contribution is -2.28. The van der Waals surface area contributed by atoms with E-state index in [0.29, 0.717) is 49.0 Å². The van der Waals surface area contributed by atoms with Gasteiger partial charge >= 0.3 is 23.9 Å². The van der Waals surface area contributed by atoms with Gasteiger partial charge in [0.2, 0.25) is 19.7 Å². The molecule has 16 rings (SSSR count). The number of carbonyl (C=O) groups is 4. The highest BCUT2D eigenvalue weighted by molar-refractivity contribution is 8.01. The monoisotopic (exact) mass is 1600 g/mol. The van der Waals surface area contributed by atoms with Gasteiger partial charge in [-0.05, 0) is 223 Å². The molecular weight excluding hydrogens is 1510 g/mol. The van der Waals surface area contributed by atoms with Crippen LogP contribution in [0.1, 0.15) is 94.9 Å². The number of hydrogen-bond donors (Lipinski definition) is 0. The molecule has 4 heterocycles. The number of benzene rings is 12. The van der Waals surface area contributed by atoms with E-state index in [1.165, 1.54) is 50.1 Å². The van der Waals surface area contributed by atoms with E-state index in [1.54, 1.807) is 72.8 Å². The predicted octanol–water partition coefficient (Wildman–Crippen LogP) is 23.9. The van der Waals surface area contributed by atoms with Gasteiger partial charge in [0.1, 0.15) is 64.4 Å². The summed E-state index contributed by atoms with van der Waals surface area (Å²) in [5.41, 5.74) is -1.01. The summed E-state index contributed by atoms with van der Waals surface area (Å²) < 4.78 is 79.9. The third-order valence-electron chi connectivity index (χ3n) is 20.4. The number of sulfone groups is 2. The van der Waals surface area contributed by atoms with E-state index in [0.717, 1.165) is 48.6 Å². The molecule has 568 valence electrons. The largest absolute Gasteiger partial charge is 0.426 e. The highest BCUT2D eigenvalue weighted by Crippen LogP contribution is 2.52. The van der Waals surface area contributed by atoms with Gasteiger partial charge < -0.3 is 18.9 Å². The van der Waals surface area contributed by atoms with Crippen LogP contribution in [-0.4, -0.2) is 40.7 Å². The van der Waals surface area contributed by atoms with Crippen molar-refractivity contribution in [3.8, 4) is 32.8 Å². The standard InChI is InChI=1S/C24H23O4S2.C24H23O2S.C23H21O4S2.C23H21O2S/c1-4-24(2,3)23(25)28-17-13-15-18(16-14-17)29-19-9-5-7-11-21(19)30(26,27)22-12-8-6-10-20(22)29;1-4-24(2,3)23(25)26-17-13-15-18(16-14-17)27-21-11-7-5-9-19(21)20-10-6-8-12-22(20)27;1-3-16(2)23(24)27-17-12-14-18(15-13-17)28-19-8-4-6-10-21(19)29(25,26)22-11-7-5-9-20(22)28;1-3-16(2)23(24)25-17-12-14-18(15-13-17)26-21-10-6-4-8-19(21)20-9-5-7-11-22(20)26/h5-16H,4H2,1-3H3;5-16H,4H2,1-3H3;4-16H,3H2,1-2H3;4-16H,3H2,1-2H3/q4*+1. The smallest absolute Gasteiger partial charge is 0.316 e. The fraction of sp³-hybridized carbons (Fsp3) is 0.191. The molecule has 18 heteroatoms. The second kappa shape index (κ2) is 33.9. The van der Waals surface area contributed by atoms with Crippen LogP contribution in [0.15, 0.2) is 340 Å². The van der Waals surface area contributed by atoms with Crippen molar-refractivity contribution >= 4 is 127 Å². The Morgan fingerprint density at radius 1 is 0.304 bits per heavy atom. The molecule has 2 aliphatic heterocycles. The third kappa shape index (κ3) is 16.3. The number of rotatable bonds is 16. The van der Waals surface area contributed by atoms with Crippen LogP contribution in [0.4, 0.5) is 0 Å². The summed E-state index contributed by atoms with van der Waals surface area (Å²) in [6, 6.07) is 93.9. The molecule has 0 N–H and O–H groups in total. The number of esters is 4. The number of fused-ring (bicyclic) bond motifs is 10. The minimum atomic E-state index is -3.55. The van der Waals surface area contributed by atoms with E-state index < -0.39 is 52.3 Å². The van der Waals surface area contributed by atoms with Gasteiger partial charge in [0.25, 0.3) is 0 Å². The van der Waals surface area contributed by atoms with E-state index in [1.807, 2.05) is 166 Å². The first-order valence-electron chi connectivity index (χ1n) is 37.4. The molecule has 2 aromatic heterocycles. The van der Waals surface area contributed by atoms with Crippen LogP contribution >= 0.6 is 20.9 Å². The first kappa shape index (κ1) is 79.6. The van der Waals surface area contributed by atoms with Crippen molar-refractivity contribution in [3.05, 3.63) is 291 Å². The highest BCUT2D eigenvalue weighted by atomic mass is 32.2. The van der Waals surface area contributed by atoms with E-state index in [4.69, 9.17) is 18.9 Å². The fourth-order valence-corrected chi connectivity index (χ4v) is 26.8. The summed E-state index contributed by atoms with van der Waals surface area (Å²) in [4.78, 5) is 57.7. The molecule has 0 saturated carbocycles. The van der Waals surface area contributed by atoms with E-state index in [2.05, 4.69) is 121 Å². The number of carbonyl (C=O) groups excluding carboxylic acids is 4. The molecule has 0 radical (unpaired) electrons. The summed E-state index contributed by atoms with van der Waals surface area (Å²) in [5.74, 6) is 1.11.